The number of hydrogen-bond acceptors (Lipinski definition) is 4. The van der Waals surface area contributed by atoms with E-state index in [2.05, 4.69) is 22.3 Å². The number of aryl methyl sites for hydroxylation is 1. The number of aromatic nitrogens is 3. The molecule has 20 heavy (non-hydrogen) atoms. The van der Waals surface area contributed by atoms with Crippen molar-refractivity contribution >= 4 is 17.2 Å². The molecule has 2 rings (SSSR count). The fourth-order valence-corrected chi connectivity index (χ4v) is 2.49. The maximum absolute atomic E-state index is 12.3. The summed E-state index contributed by atoms with van der Waals surface area (Å²) in [4.78, 5) is 16.1. The van der Waals surface area contributed by atoms with Crippen LogP contribution in [0.4, 0.5) is 8.78 Å². The number of amides is 1. The first kappa shape index (κ1) is 14.6. The fourth-order valence-electron chi connectivity index (χ4n) is 1.59. The van der Waals surface area contributed by atoms with Gasteiger partial charge in [-0.25, -0.2) is 9.67 Å². The molecule has 1 amide bonds. The second-order valence-electron chi connectivity index (χ2n) is 4.12. The molecule has 0 aliphatic carbocycles. The number of rotatable bonds is 6. The molecule has 0 aliphatic heterocycles. The van der Waals surface area contributed by atoms with Crippen molar-refractivity contribution in [2.45, 2.75) is 32.9 Å². The van der Waals surface area contributed by atoms with Crippen LogP contribution in [0.1, 0.15) is 41.1 Å². The minimum atomic E-state index is -2.74. The highest BCUT2D eigenvalue weighted by Crippen LogP contribution is 2.12. The van der Waals surface area contributed by atoms with E-state index in [1.54, 1.807) is 11.3 Å². The number of nitrogens with one attached hydrogen (secondary N) is 1. The summed E-state index contributed by atoms with van der Waals surface area (Å²) in [6.07, 6.45) is 3.00. The summed E-state index contributed by atoms with van der Waals surface area (Å²) >= 11 is 1.55. The van der Waals surface area contributed by atoms with Crippen LogP contribution >= 0.6 is 11.3 Å². The van der Waals surface area contributed by atoms with Gasteiger partial charge in [0.1, 0.15) is 5.69 Å². The Morgan fingerprint density at radius 2 is 2.35 bits per heavy atom. The van der Waals surface area contributed by atoms with Crippen LogP contribution < -0.4 is 5.32 Å². The van der Waals surface area contributed by atoms with E-state index >= 15 is 0 Å². The number of halogens is 2. The number of nitrogens with zero attached hydrogens (tertiary/aromatic N) is 3. The molecule has 2 aromatic rings. The van der Waals surface area contributed by atoms with Gasteiger partial charge in [0.05, 0.1) is 17.2 Å². The molecule has 108 valence electrons. The van der Waals surface area contributed by atoms with Gasteiger partial charge in [0.2, 0.25) is 0 Å². The number of thiazole rings is 1. The first-order chi connectivity index (χ1) is 9.60. The van der Waals surface area contributed by atoms with E-state index in [-0.39, 0.29) is 12.2 Å². The highest BCUT2D eigenvalue weighted by molar-refractivity contribution is 7.09. The molecule has 0 bridgehead atoms. The van der Waals surface area contributed by atoms with E-state index in [0.717, 1.165) is 29.7 Å². The fraction of sp³-hybridized carbons (Fsp3) is 0.417. The van der Waals surface area contributed by atoms with Crippen LogP contribution in [0.25, 0.3) is 0 Å². The first-order valence-electron chi connectivity index (χ1n) is 6.15. The van der Waals surface area contributed by atoms with Crippen molar-refractivity contribution < 1.29 is 13.6 Å². The Bertz CT molecular complexity index is 582. The summed E-state index contributed by atoms with van der Waals surface area (Å²) < 4.78 is 25.1. The molecule has 0 unspecified atom stereocenters. The summed E-state index contributed by atoms with van der Waals surface area (Å²) in [5.41, 5.74) is 0.731. The minimum absolute atomic E-state index is 0.0330. The Kier molecular flexibility index (Phi) is 4.78. The zero-order chi connectivity index (χ0) is 14.5. The van der Waals surface area contributed by atoms with Gasteiger partial charge in [-0.3, -0.25) is 4.79 Å². The van der Waals surface area contributed by atoms with Crippen LogP contribution in [-0.2, 0) is 13.0 Å². The quantitative estimate of drug-likeness (QED) is 0.892. The highest BCUT2D eigenvalue weighted by Gasteiger charge is 2.13. The predicted octanol–water partition coefficient (Wildman–Crippen LogP) is 2.62. The molecule has 0 fully saturated rings. The van der Waals surface area contributed by atoms with E-state index in [9.17, 15) is 13.6 Å². The smallest absolute Gasteiger partial charge is 0.333 e. The Labute approximate surface area is 118 Å². The molecular formula is C12H14F2N4OS. The maximum atomic E-state index is 12.3. The highest BCUT2D eigenvalue weighted by atomic mass is 32.1. The van der Waals surface area contributed by atoms with Gasteiger partial charge in [-0.05, 0) is 18.9 Å². The average molecular weight is 300 g/mol. The van der Waals surface area contributed by atoms with Crippen molar-refractivity contribution in [3.63, 3.8) is 0 Å². The van der Waals surface area contributed by atoms with Gasteiger partial charge in [-0.15, -0.1) is 11.3 Å². The van der Waals surface area contributed by atoms with E-state index in [0.29, 0.717) is 4.68 Å². The van der Waals surface area contributed by atoms with E-state index < -0.39 is 12.5 Å². The summed E-state index contributed by atoms with van der Waals surface area (Å²) in [6, 6.07) is 1.26. The molecule has 1 N–H and O–H groups in total. The van der Waals surface area contributed by atoms with Gasteiger partial charge in [-0.1, -0.05) is 6.92 Å². The molecule has 0 aliphatic rings. The van der Waals surface area contributed by atoms with E-state index in [1.807, 2.05) is 5.38 Å². The molecule has 2 heterocycles. The number of hydrogen-bond donors (Lipinski definition) is 1. The van der Waals surface area contributed by atoms with Crippen molar-refractivity contribution in [3.05, 3.63) is 34.0 Å². The largest absolute Gasteiger partial charge is 0.345 e. The van der Waals surface area contributed by atoms with Gasteiger partial charge in [0.15, 0.2) is 0 Å². The minimum Gasteiger partial charge on any atom is -0.345 e. The van der Waals surface area contributed by atoms with E-state index in [4.69, 9.17) is 0 Å². The number of carbonyl (C=O) groups is 1. The van der Waals surface area contributed by atoms with Crippen molar-refractivity contribution in [3.8, 4) is 0 Å². The Balaban J connectivity index is 1.90. The molecule has 0 saturated heterocycles. The Hall–Kier alpha value is -1.83. The Morgan fingerprint density at radius 1 is 1.55 bits per heavy atom. The molecule has 0 aromatic carbocycles. The molecule has 0 radical (unpaired) electrons. The zero-order valence-corrected chi connectivity index (χ0v) is 11.7. The van der Waals surface area contributed by atoms with Crippen LogP contribution in [0, 0.1) is 0 Å². The van der Waals surface area contributed by atoms with Crippen LogP contribution in [0.2, 0.25) is 0 Å². The summed E-state index contributed by atoms with van der Waals surface area (Å²) in [6.45, 7) is -0.408. The normalized spacial score (nSPS) is 11.0. The predicted molar refractivity (Wildman–Crippen MR) is 70.8 cm³/mol. The van der Waals surface area contributed by atoms with Crippen LogP contribution in [0.3, 0.4) is 0 Å². The standard InChI is InChI=1S/C12H14F2N4OS/c1-2-3-10-16-8(7-20-10)6-15-11(19)9-4-5-18(17-9)12(13)14/h4-5,7,12H,2-3,6H2,1H3,(H,15,19). The van der Waals surface area contributed by atoms with Crippen molar-refractivity contribution in [2.75, 3.05) is 0 Å². The lowest BCUT2D eigenvalue weighted by atomic mass is 10.3. The zero-order valence-electron chi connectivity index (χ0n) is 10.8. The second-order valence-corrected chi connectivity index (χ2v) is 5.07. The lowest BCUT2D eigenvalue weighted by Crippen LogP contribution is -2.23. The van der Waals surface area contributed by atoms with Crippen molar-refractivity contribution in [1.82, 2.24) is 20.1 Å². The lowest BCUT2D eigenvalue weighted by Gasteiger charge is -2.00. The first-order valence-corrected chi connectivity index (χ1v) is 7.03. The van der Waals surface area contributed by atoms with Gasteiger partial charge >= 0.3 is 6.55 Å². The van der Waals surface area contributed by atoms with Crippen molar-refractivity contribution in [1.29, 1.82) is 0 Å². The molecule has 0 saturated carbocycles. The van der Waals surface area contributed by atoms with Gasteiger partial charge < -0.3 is 5.32 Å². The molecule has 0 spiro atoms. The molecule has 5 nitrogen and oxygen atoms in total. The second kappa shape index (κ2) is 6.56. The monoisotopic (exact) mass is 300 g/mol. The average Bonchev–Trinajstić information content (AvgIpc) is 3.05. The third-order valence-corrected chi connectivity index (χ3v) is 3.49. The van der Waals surface area contributed by atoms with Gasteiger partial charge in [-0.2, -0.15) is 13.9 Å². The maximum Gasteiger partial charge on any atom is 0.333 e. The topological polar surface area (TPSA) is 59.8 Å². The Morgan fingerprint density at radius 3 is 3.00 bits per heavy atom. The SMILES string of the molecule is CCCc1nc(CNC(=O)c2ccn(C(F)F)n2)cs1. The summed E-state index contributed by atoms with van der Waals surface area (Å²) in [7, 11) is 0. The summed E-state index contributed by atoms with van der Waals surface area (Å²) in [5, 5.41) is 9.01. The summed E-state index contributed by atoms with van der Waals surface area (Å²) in [5.74, 6) is -0.491. The third kappa shape index (κ3) is 3.60. The van der Waals surface area contributed by atoms with Crippen LogP contribution in [0.15, 0.2) is 17.6 Å². The number of alkyl halides is 2. The molecule has 0 atom stereocenters. The van der Waals surface area contributed by atoms with Crippen LogP contribution in [0.5, 0.6) is 0 Å². The molecule has 8 heteroatoms. The van der Waals surface area contributed by atoms with Crippen LogP contribution in [-0.4, -0.2) is 20.7 Å². The third-order valence-electron chi connectivity index (χ3n) is 2.53. The number of carbonyl (C=O) groups excluding carboxylic acids is 1. The van der Waals surface area contributed by atoms with Crippen molar-refractivity contribution in [2.24, 2.45) is 0 Å². The molecular weight excluding hydrogens is 286 g/mol. The molecule has 2 aromatic heterocycles. The van der Waals surface area contributed by atoms with Gasteiger partial charge in [0, 0.05) is 11.6 Å². The van der Waals surface area contributed by atoms with Gasteiger partial charge in [0.25, 0.3) is 5.91 Å². The van der Waals surface area contributed by atoms with E-state index in [1.165, 1.54) is 6.07 Å². The lowest BCUT2D eigenvalue weighted by molar-refractivity contribution is 0.0560.